The normalized spacial score (nSPS) is 13.7. The van der Waals surface area contributed by atoms with Gasteiger partial charge in [-0.3, -0.25) is 19.7 Å². The van der Waals surface area contributed by atoms with E-state index >= 15 is 0 Å². The van der Waals surface area contributed by atoms with E-state index < -0.39 is 22.6 Å². The summed E-state index contributed by atoms with van der Waals surface area (Å²) in [7, 11) is 0. The summed E-state index contributed by atoms with van der Waals surface area (Å²) in [6.07, 6.45) is 0. The number of carbonyl (C=O) groups excluding carboxylic acids is 2. The molecule has 0 radical (unpaired) electrons. The molecule has 0 spiro atoms. The number of halogens is 2. The standard InChI is InChI=1S/C23H15ClFN3O4/c1-13-2-7-16(12-19(13)24)26-21-20(14-3-8-18(9-4-14)28(31)32)22(29)27(23(21)30)17-10-5-15(25)6-11-17/h2-12,26H,1H3. The van der Waals surface area contributed by atoms with Crippen LogP contribution in [0.1, 0.15) is 11.1 Å². The summed E-state index contributed by atoms with van der Waals surface area (Å²) < 4.78 is 13.4. The van der Waals surface area contributed by atoms with Gasteiger partial charge in [0.05, 0.1) is 16.2 Å². The molecule has 0 atom stereocenters. The number of hydrogen-bond donors (Lipinski definition) is 1. The van der Waals surface area contributed by atoms with E-state index in [1.54, 1.807) is 18.2 Å². The number of nitro groups is 1. The number of carbonyl (C=O) groups is 2. The Labute approximate surface area is 186 Å². The molecule has 160 valence electrons. The lowest BCUT2D eigenvalue weighted by Crippen LogP contribution is -2.32. The molecule has 0 fully saturated rings. The first-order chi connectivity index (χ1) is 15.3. The topological polar surface area (TPSA) is 92.6 Å². The number of nitrogens with zero attached hydrogens (tertiary/aromatic N) is 2. The smallest absolute Gasteiger partial charge is 0.282 e. The summed E-state index contributed by atoms with van der Waals surface area (Å²) in [6.45, 7) is 1.83. The highest BCUT2D eigenvalue weighted by molar-refractivity contribution is 6.46. The highest BCUT2D eigenvalue weighted by Gasteiger charge is 2.40. The number of aryl methyl sites for hydroxylation is 1. The summed E-state index contributed by atoms with van der Waals surface area (Å²) in [5.74, 6) is -1.80. The van der Waals surface area contributed by atoms with E-state index in [4.69, 9.17) is 11.6 Å². The molecule has 1 N–H and O–H groups in total. The first kappa shape index (κ1) is 21.2. The van der Waals surface area contributed by atoms with Gasteiger partial charge in [0.2, 0.25) is 0 Å². The lowest BCUT2D eigenvalue weighted by Gasteiger charge is -2.15. The molecule has 1 aliphatic rings. The monoisotopic (exact) mass is 451 g/mol. The van der Waals surface area contributed by atoms with Crippen molar-refractivity contribution in [1.29, 1.82) is 0 Å². The fourth-order valence-corrected chi connectivity index (χ4v) is 3.48. The second-order valence-corrected chi connectivity index (χ2v) is 7.47. The van der Waals surface area contributed by atoms with E-state index in [2.05, 4.69) is 5.32 Å². The SMILES string of the molecule is Cc1ccc(NC2=C(c3ccc([N+](=O)[O-])cc3)C(=O)N(c3ccc(F)cc3)C2=O)cc1Cl. The van der Waals surface area contributed by atoms with Crippen LogP contribution in [0.5, 0.6) is 0 Å². The number of nitro benzene ring substituents is 1. The minimum Gasteiger partial charge on any atom is -0.350 e. The third-order valence-electron chi connectivity index (χ3n) is 4.98. The van der Waals surface area contributed by atoms with Crippen molar-refractivity contribution in [3.63, 3.8) is 0 Å². The number of benzene rings is 3. The van der Waals surface area contributed by atoms with Gasteiger partial charge in [0.1, 0.15) is 11.5 Å². The van der Waals surface area contributed by atoms with Crippen LogP contribution in [0.2, 0.25) is 5.02 Å². The highest BCUT2D eigenvalue weighted by Crippen LogP contribution is 2.35. The molecule has 0 saturated heterocycles. The van der Waals surface area contributed by atoms with Crippen molar-refractivity contribution < 1.29 is 18.9 Å². The number of amides is 2. The molecular weight excluding hydrogens is 437 g/mol. The van der Waals surface area contributed by atoms with Gasteiger partial charge in [-0.15, -0.1) is 0 Å². The quantitative estimate of drug-likeness (QED) is 0.331. The molecule has 2 amide bonds. The maximum atomic E-state index is 13.4. The number of rotatable bonds is 5. The van der Waals surface area contributed by atoms with Crippen molar-refractivity contribution >= 4 is 46.1 Å². The summed E-state index contributed by atoms with van der Waals surface area (Å²) in [4.78, 5) is 37.9. The van der Waals surface area contributed by atoms with Crippen LogP contribution in [-0.2, 0) is 9.59 Å². The molecule has 3 aromatic carbocycles. The molecule has 0 saturated carbocycles. The van der Waals surface area contributed by atoms with Crippen LogP contribution >= 0.6 is 11.6 Å². The van der Waals surface area contributed by atoms with Crippen molar-refractivity contribution in [2.24, 2.45) is 0 Å². The van der Waals surface area contributed by atoms with Gasteiger partial charge >= 0.3 is 0 Å². The second-order valence-electron chi connectivity index (χ2n) is 7.07. The molecule has 1 heterocycles. The zero-order valence-corrected chi connectivity index (χ0v) is 17.4. The van der Waals surface area contributed by atoms with Gasteiger partial charge < -0.3 is 5.32 Å². The molecule has 32 heavy (non-hydrogen) atoms. The summed E-state index contributed by atoms with van der Waals surface area (Å²) >= 11 is 6.19. The van der Waals surface area contributed by atoms with Crippen LogP contribution in [0.25, 0.3) is 5.57 Å². The number of imide groups is 1. The summed E-state index contributed by atoms with van der Waals surface area (Å²) in [5, 5.41) is 14.4. The Balaban J connectivity index is 1.82. The lowest BCUT2D eigenvalue weighted by molar-refractivity contribution is -0.384. The molecule has 3 aromatic rings. The maximum Gasteiger partial charge on any atom is 0.282 e. The van der Waals surface area contributed by atoms with E-state index in [1.165, 1.54) is 36.4 Å². The molecule has 0 aliphatic carbocycles. The first-order valence-corrected chi connectivity index (χ1v) is 9.80. The average molecular weight is 452 g/mol. The fraction of sp³-hybridized carbons (Fsp3) is 0.0435. The largest absolute Gasteiger partial charge is 0.350 e. The van der Waals surface area contributed by atoms with Crippen LogP contribution in [0.15, 0.2) is 72.4 Å². The summed E-state index contributed by atoms with van der Waals surface area (Å²) in [6, 6.07) is 15.3. The Bertz CT molecular complexity index is 1290. The molecule has 0 bridgehead atoms. The molecule has 0 unspecified atom stereocenters. The minimum absolute atomic E-state index is 0.0203. The maximum absolute atomic E-state index is 13.4. The molecule has 0 aromatic heterocycles. The van der Waals surface area contributed by atoms with Gasteiger partial charge in [-0.05, 0) is 66.6 Å². The van der Waals surface area contributed by atoms with Crippen LogP contribution in [-0.4, -0.2) is 16.7 Å². The zero-order chi connectivity index (χ0) is 23.0. The van der Waals surface area contributed by atoms with Gasteiger partial charge in [-0.2, -0.15) is 0 Å². The molecule has 7 nitrogen and oxygen atoms in total. The van der Waals surface area contributed by atoms with Crippen molar-refractivity contribution in [3.8, 4) is 0 Å². The van der Waals surface area contributed by atoms with Gasteiger partial charge in [0, 0.05) is 22.8 Å². The molecule has 1 aliphatic heterocycles. The van der Waals surface area contributed by atoms with Gasteiger partial charge in [0.15, 0.2) is 0 Å². The number of hydrogen-bond acceptors (Lipinski definition) is 5. The van der Waals surface area contributed by atoms with Crippen LogP contribution in [0.3, 0.4) is 0 Å². The minimum atomic E-state index is -0.647. The van der Waals surface area contributed by atoms with E-state index in [9.17, 15) is 24.1 Å². The third-order valence-corrected chi connectivity index (χ3v) is 5.38. The lowest BCUT2D eigenvalue weighted by atomic mass is 10.0. The Morgan fingerprint density at radius 3 is 2.22 bits per heavy atom. The van der Waals surface area contributed by atoms with E-state index in [-0.39, 0.29) is 22.6 Å². The zero-order valence-electron chi connectivity index (χ0n) is 16.6. The van der Waals surface area contributed by atoms with Crippen LogP contribution < -0.4 is 10.2 Å². The predicted octanol–water partition coefficient (Wildman–Crippen LogP) is 5.09. The van der Waals surface area contributed by atoms with Gasteiger partial charge in [-0.1, -0.05) is 17.7 Å². The van der Waals surface area contributed by atoms with E-state index in [0.717, 1.165) is 22.6 Å². The highest BCUT2D eigenvalue weighted by atomic mass is 35.5. The van der Waals surface area contributed by atoms with Crippen LogP contribution in [0.4, 0.5) is 21.5 Å². The molecule has 9 heteroatoms. The number of nitrogens with one attached hydrogen (secondary N) is 1. The van der Waals surface area contributed by atoms with Crippen molar-refractivity contribution in [1.82, 2.24) is 0 Å². The van der Waals surface area contributed by atoms with Gasteiger partial charge in [0.25, 0.3) is 17.5 Å². The fourth-order valence-electron chi connectivity index (χ4n) is 3.30. The Kier molecular flexibility index (Phi) is 5.46. The molecule has 4 rings (SSSR count). The summed E-state index contributed by atoms with van der Waals surface area (Å²) in [5.41, 5.74) is 1.69. The van der Waals surface area contributed by atoms with E-state index in [1.807, 2.05) is 6.92 Å². The van der Waals surface area contributed by atoms with Crippen molar-refractivity contribution in [3.05, 3.63) is 105 Å². The average Bonchev–Trinajstić information content (AvgIpc) is 3.01. The number of anilines is 2. The van der Waals surface area contributed by atoms with E-state index in [0.29, 0.717) is 16.3 Å². The van der Waals surface area contributed by atoms with Gasteiger partial charge in [-0.25, -0.2) is 9.29 Å². The van der Waals surface area contributed by atoms with Crippen LogP contribution in [0, 0.1) is 22.9 Å². The third kappa shape index (κ3) is 3.83. The number of non-ortho nitro benzene ring substituents is 1. The first-order valence-electron chi connectivity index (χ1n) is 9.43. The predicted molar refractivity (Wildman–Crippen MR) is 119 cm³/mol. The Hall–Kier alpha value is -4.04. The second kappa shape index (κ2) is 8.24. The molecular formula is C23H15ClFN3O4. The Morgan fingerprint density at radius 1 is 0.969 bits per heavy atom. The van der Waals surface area contributed by atoms with Crippen molar-refractivity contribution in [2.45, 2.75) is 6.92 Å². The van der Waals surface area contributed by atoms with Crippen molar-refractivity contribution in [2.75, 3.05) is 10.2 Å². The Morgan fingerprint density at radius 2 is 1.62 bits per heavy atom.